The van der Waals surface area contributed by atoms with E-state index >= 15 is 0 Å². The van der Waals surface area contributed by atoms with Gasteiger partial charge in [-0.2, -0.15) is 0 Å². The zero-order valence-corrected chi connectivity index (χ0v) is 16.1. The Labute approximate surface area is 151 Å². The van der Waals surface area contributed by atoms with E-state index in [2.05, 4.69) is 18.7 Å². The Kier molecular flexibility index (Phi) is 6.71. The molecule has 0 saturated carbocycles. The lowest BCUT2D eigenvalue weighted by molar-refractivity contribution is -0.102. The fraction of sp³-hybridized carbons (Fsp3) is 0.650. The molecule has 1 saturated heterocycles. The van der Waals surface area contributed by atoms with Gasteiger partial charge in [0.1, 0.15) is 11.4 Å². The van der Waals surface area contributed by atoms with Gasteiger partial charge in [-0.05, 0) is 45.0 Å². The van der Waals surface area contributed by atoms with E-state index in [-0.39, 0.29) is 12.0 Å². The third-order valence-electron chi connectivity index (χ3n) is 4.80. The van der Waals surface area contributed by atoms with E-state index in [1.54, 1.807) is 6.92 Å². The van der Waals surface area contributed by atoms with Crippen LogP contribution in [0.4, 0.5) is 4.79 Å². The number of carbonyl (C=O) groups is 1. The third-order valence-corrected chi connectivity index (χ3v) is 4.80. The standard InChI is InChI=1S/C20H31NO4/c1-6-21-12-11-20(16(5)14-21,25-19(22)23-7-2)17-9-8-10-18(13-17)24-15(3)4/h8-10,13,15-16H,6-7,11-12,14H2,1-5H3/t16-,20+/m0/s1. The summed E-state index contributed by atoms with van der Waals surface area (Å²) in [6.45, 7) is 13.1. The highest BCUT2D eigenvalue weighted by molar-refractivity contribution is 5.61. The van der Waals surface area contributed by atoms with Crippen molar-refractivity contribution in [2.45, 2.75) is 52.7 Å². The monoisotopic (exact) mass is 349 g/mol. The number of hydrogen-bond acceptors (Lipinski definition) is 5. The molecule has 2 rings (SSSR count). The van der Waals surface area contributed by atoms with Crippen molar-refractivity contribution < 1.29 is 19.0 Å². The molecule has 1 fully saturated rings. The molecule has 0 N–H and O–H groups in total. The second kappa shape index (κ2) is 8.56. The molecule has 1 aromatic carbocycles. The Morgan fingerprint density at radius 2 is 2.12 bits per heavy atom. The van der Waals surface area contributed by atoms with Gasteiger partial charge in [0.15, 0.2) is 0 Å². The lowest BCUT2D eigenvalue weighted by Gasteiger charge is -2.45. The van der Waals surface area contributed by atoms with Crippen LogP contribution in [-0.4, -0.2) is 43.4 Å². The minimum atomic E-state index is -0.686. The molecule has 5 heteroatoms. The zero-order valence-electron chi connectivity index (χ0n) is 16.1. The molecule has 0 bridgehead atoms. The number of likely N-dealkylation sites (tertiary alicyclic amines) is 1. The molecule has 140 valence electrons. The first-order chi connectivity index (χ1) is 11.9. The van der Waals surface area contributed by atoms with E-state index in [1.807, 2.05) is 38.1 Å². The number of rotatable bonds is 6. The highest BCUT2D eigenvalue weighted by Crippen LogP contribution is 2.42. The average molecular weight is 349 g/mol. The van der Waals surface area contributed by atoms with Crippen LogP contribution < -0.4 is 4.74 Å². The van der Waals surface area contributed by atoms with E-state index in [0.29, 0.717) is 6.61 Å². The van der Waals surface area contributed by atoms with Crippen molar-refractivity contribution in [3.63, 3.8) is 0 Å². The molecule has 1 aromatic rings. The predicted octanol–water partition coefficient (Wildman–Crippen LogP) is 4.20. The van der Waals surface area contributed by atoms with Gasteiger partial charge in [0.05, 0.1) is 12.7 Å². The fourth-order valence-electron chi connectivity index (χ4n) is 3.52. The summed E-state index contributed by atoms with van der Waals surface area (Å²) in [6.07, 6.45) is 0.234. The van der Waals surface area contributed by atoms with Crippen LogP contribution >= 0.6 is 0 Å². The van der Waals surface area contributed by atoms with E-state index in [4.69, 9.17) is 14.2 Å². The van der Waals surface area contributed by atoms with Crippen LogP contribution in [0.15, 0.2) is 24.3 Å². The SMILES string of the molecule is CCOC(=O)O[C@]1(c2cccc(OC(C)C)c2)CCN(CC)C[C@@H]1C. The van der Waals surface area contributed by atoms with Crippen molar-refractivity contribution in [3.05, 3.63) is 29.8 Å². The van der Waals surface area contributed by atoms with Crippen molar-refractivity contribution >= 4 is 6.16 Å². The molecule has 2 atom stereocenters. The summed E-state index contributed by atoms with van der Waals surface area (Å²) in [5.41, 5.74) is 0.288. The van der Waals surface area contributed by atoms with Crippen LogP contribution in [0, 0.1) is 5.92 Å². The molecular formula is C20H31NO4. The minimum absolute atomic E-state index is 0.0940. The normalized spacial score (nSPS) is 24.2. The molecule has 5 nitrogen and oxygen atoms in total. The van der Waals surface area contributed by atoms with E-state index < -0.39 is 11.8 Å². The number of ether oxygens (including phenoxy) is 3. The van der Waals surface area contributed by atoms with E-state index in [9.17, 15) is 4.79 Å². The summed E-state index contributed by atoms with van der Waals surface area (Å²) in [5, 5.41) is 0. The maximum Gasteiger partial charge on any atom is 0.509 e. The van der Waals surface area contributed by atoms with Crippen molar-refractivity contribution in [2.75, 3.05) is 26.2 Å². The Morgan fingerprint density at radius 1 is 1.36 bits per heavy atom. The van der Waals surface area contributed by atoms with Crippen molar-refractivity contribution in [1.82, 2.24) is 4.90 Å². The first kappa shape index (κ1) is 19.6. The third kappa shape index (κ3) is 4.66. The van der Waals surface area contributed by atoms with Crippen LogP contribution in [0.1, 0.15) is 46.6 Å². The molecule has 0 spiro atoms. The van der Waals surface area contributed by atoms with Gasteiger partial charge in [-0.1, -0.05) is 26.0 Å². The number of hydrogen-bond donors (Lipinski definition) is 0. The van der Waals surface area contributed by atoms with Crippen molar-refractivity contribution in [1.29, 1.82) is 0 Å². The van der Waals surface area contributed by atoms with Crippen LogP contribution in [0.2, 0.25) is 0 Å². The topological polar surface area (TPSA) is 48.0 Å². The second-order valence-electron chi connectivity index (χ2n) is 6.91. The summed E-state index contributed by atoms with van der Waals surface area (Å²) >= 11 is 0. The van der Waals surface area contributed by atoms with Crippen LogP contribution in [0.25, 0.3) is 0 Å². The van der Waals surface area contributed by atoms with Gasteiger partial charge >= 0.3 is 6.16 Å². The van der Waals surface area contributed by atoms with E-state index in [0.717, 1.165) is 37.4 Å². The predicted molar refractivity (Wildman–Crippen MR) is 97.9 cm³/mol. The van der Waals surface area contributed by atoms with Gasteiger partial charge in [0.25, 0.3) is 0 Å². The minimum Gasteiger partial charge on any atom is -0.491 e. The highest BCUT2D eigenvalue weighted by Gasteiger charge is 2.46. The maximum atomic E-state index is 12.2. The van der Waals surface area contributed by atoms with Crippen LogP contribution in [0.3, 0.4) is 0 Å². The molecule has 0 amide bonds. The molecule has 0 aromatic heterocycles. The van der Waals surface area contributed by atoms with Gasteiger partial charge < -0.3 is 19.1 Å². The first-order valence-electron chi connectivity index (χ1n) is 9.26. The lowest BCUT2D eigenvalue weighted by atomic mass is 9.76. The zero-order chi connectivity index (χ0) is 18.4. The Hall–Kier alpha value is -1.75. The number of carbonyl (C=O) groups excluding carboxylic acids is 1. The molecule has 0 aliphatic carbocycles. The molecular weight excluding hydrogens is 318 g/mol. The average Bonchev–Trinajstić information content (AvgIpc) is 2.56. The van der Waals surface area contributed by atoms with Crippen LogP contribution in [-0.2, 0) is 15.1 Å². The number of benzene rings is 1. The Balaban J connectivity index is 2.36. The Morgan fingerprint density at radius 3 is 2.72 bits per heavy atom. The molecule has 1 heterocycles. The molecule has 1 aliphatic rings. The maximum absolute atomic E-state index is 12.2. The molecule has 0 radical (unpaired) electrons. The van der Waals surface area contributed by atoms with Gasteiger partial charge in [-0.15, -0.1) is 0 Å². The van der Waals surface area contributed by atoms with Gasteiger partial charge in [-0.25, -0.2) is 4.79 Å². The number of nitrogens with zero attached hydrogens (tertiary/aromatic N) is 1. The lowest BCUT2D eigenvalue weighted by Crippen LogP contribution is -2.51. The van der Waals surface area contributed by atoms with Crippen molar-refractivity contribution in [3.8, 4) is 5.75 Å². The van der Waals surface area contributed by atoms with Gasteiger partial charge in [-0.3, -0.25) is 0 Å². The molecule has 25 heavy (non-hydrogen) atoms. The summed E-state index contributed by atoms with van der Waals surface area (Å²) in [4.78, 5) is 14.5. The molecule has 0 unspecified atom stereocenters. The summed E-state index contributed by atoms with van der Waals surface area (Å²) in [6, 6.07) is 7.91. The molecule has 1 aliphatic heterocycles. The highest BCUT2D eigenvalue weighted by atomic mass is 16.7. The summed E-state index contributed by atoms with van der Waals surface area (Å²) < 4.78 is 16.8. The first-order valence-corrected chi connectivity index (χ1v) is 9.26. The van der Waals surface area contributed by atoms with E-state index in [1.165, 1.54) is 0 Å². The van der Waals surface area contributed by atoms with Gasteiger partial charge in [0, 0.05) is 25.4 Å². The Bertz CT molecular complexity index is 575. The second-order valence-corrected chi connectivity index (χ2v) is 6.91. The quantitative estimate of drug-likeness (QED) is 0.720. The smallest absolute Gasteiger partial charge is 0.491 e. The largest absolute Gasteiger partial charge is 0.509 e. The van der Waals surface area contributed by atoms with Gasteiger partial charge in [0.2, 0.25) is 0 Å². The fourth-order valence-corrected chi connectivity index (χ4v) is 3.52. The van der Waals surface area contributed by atoms with Crippen LogP contribution in [0.5, 0.6) is 5.75 Å². The summed E-state index contributed by atoms with van der Waals surface area (Å²) in [7, 11) is 0. The summed E-state index contributed by atoms with van der Waals surface area (Å²) in [5.74, 6) is 0.948. The number of piperidine rings is 1. The van der Waals surface area contributed by atoms with Crippen molar-refractivity contribution in [2.24, 2.45) is 5.92 Å².